The third kappa shape index (κ3) is 3.88. The molecule has 130 valence electrons. The van der Waals surface area contributed by atoms with Crippen LogP contribution in [0.25, 0.3) is 0 Å². The molecule has 0 radical (unpaired) electrons. The van der Waals surface area contributed by atoms with E-state index < -0.39 is 0 Å². The first-order valence-electron chi connectivity index (χ1n) is 7.98. The van der Waals surface area contributed by atoms with E-state index in [2.05, 4.69) is 21.2 Å². The number of carbonyl (C=O) groups excluding carboxylic acids is 2. The number of hydrogen-bond acceptors (Lipinski definition) is 2. The fourth-order valence-corrected chi connectivity index (χ4v) is 3.49. The van der Waals surface area contributed by atoms with Gasteiger partial charge in [-0.3, -0.25) is 9.59 Å². The number of nitrogens with one attached hydrogen (secondary N) is 1. The molecule has 0 bridgehead atoms. The van der Waals surface area contributed by atoms with Gasteiger partial charge in [-0.25, -0.2) is 0 Å². The van der Waals surface area contributed by atoms with E-state index in [1.54, 1.807) is 11.0 Å². The van der Waals surface area contributed by atoms with Gasteiger partial charge in [-0.05, 0) is 59.6 Å². The van der Waals surface area contributed by atoms with Crippen molar-refractivity contribution in [2.24, 2.45) is 5.92 Å². The summed E-state index contributed by atoms with van der Waals surface area (Å²) in [6, 6.07) is 11.3. The molecule has 0 aliphatic carbocycles. The van der Waals surface area contributed by atoms with E-state index in [0.717, 1.165) is 21.3 Å². The molecule has 2 amide bonds. The van der Waals surface area contributed by atoms with Gasteiger partial charge in [0.15, 0.2) is 0 Å². The van der Waals surface area contributed by atoms with E-state index in [9.17, 15) is 9.59 Å². The van der Waals surface area contributed by atoms with Gasteiger partial charge >= 0.3 is 0 Å². The van der Waals surface area contributed by atoms with Crippen molar-refractivity contribution in [3.63, 3.8) is 0 Å². The average molecular weight is 422 g/mol. The molecule has 0 unspecified atom stereocenters. The highest BCUT2D eigenvalue weighted by atomic mass is 79.9. The summed E-state index contributed by atoms with van der Waals surface area (Å²) < 4.78 is 0.784. The van der Waals surface area contributed by atoms with Gasteiger partial charge in [0.2, 0.25) is 11.8 Å². The van der Waals surface area contributed by atoms with Gasteiger partial charge < -0.3 is 10.2 Å². The van der Waals surface area contributed by atoms with Crippen molar-refractivity contribution in [1.82, 2.24) is 0 Å². The lowest BCUT2D eigenvalue weighted by Crippen LogP contribution is -2.28. The molecule has 1 aliphatic heterocycles. The predicted molar refractivity (Wildman–Crippen MR) is 104 cm³/mol. The van der Waals surface area contributed by atoms with Crippen LogP contribution in [0.2, 0.25) is 5.02 Å². The Morgan fingerprint density at radius 1 is 1.24 bits per heavy atom. The van der Waals surface area contributed by atoms with Crippen LogP contribution in [0, 0.1) is 19.8 Å². The standard InChI is InChI=1S/C19H18BrClN2O2/c1-11-3-5-14(6-4-11)23-10-13(8-18(23)24)19(25)22-17-9-16(21)15(20)7-12(17)2/h3-7,9,13H,8,10H2,1-2H3,(H,22,25)/t13-/m0/s1. The molecule has 25 heavy (non-hydrogen) atoms. The number of amides is 2. The predicted octanol–water partition coefficient (Wildman–Crippen LogP) is 4.71. The van der Waals surface area contributed by atoms with Gasteiger partial charge in [-0.15, -0.1) is 0 Å². The van der Waals surface area contributed by atoms with Crippen molar-refractivity contribution < 1.29 is 9.59 Å². The van der Waals surface area contributed by atoms with Crippen LogP contribution in [-0.4, -0.2) is 18.4 Å². The van der Waals surface area contributed by atoms with Crippen LogP contribution >= 0.6 is 27.5 Å². The Morgan fingerprint density at radius 3 is 2.60 bits per heavy atom. The fraction of sp³-hybridized carbons (Fsp3) is 0.263. The number of rotatable bonds is 3. The summed E-state index contributed by atoms with van der Waals surface area (Å²) in [4.78, 5) is 26.6. The van der Waals surface area contributed by atoms with Crippen LogP contribution in [0.3, 0.4) is 0 Å². The molecule has 1 heterocycles. The smallest absolute Gasteiger partial charge is 0.229 e. The third-order valence-electron chi connectivity index (χ3n) is 4.37. The van der Waals surface area contributed by atoms with E-state index in [1.807, 2.05) is 44.2 Å². The minimum Gasteiger partial charge on any atom is -0.325 e. The van der Waals surface area contributed by atoms with Crippen LogP contribution in [-0.2, 0) is 9.59 Å². The molecule has 1 N–H and O–H groups in total. The Hall–Kier alpha value is -1.85. The van der Waals surface area contributed by atoms with E-state index in [0.29, 0.717) is 17.3 Å². The molecule has 6 heteroatoms. The summed E-state index contributed by atoms with van der Waals surface area (Å²) >= 11 is 9.47. The number of anilines is 2. The number of carbonyl (C=O) groups is 2. The lowest BCUT2D eigenvalue weighted by atomic mass is 10.1. The first kappa shape index (κ1) is 18.0. The second-order valence-corrected chi connectivity index (χ2v) is 7.57. The molecule has 2 aromatic rings. The highest BCUT2D eigenvalue weighted by Gasteiger charge is 2.35. The Morgan fingerprint density at radius 2 is 1.92 bits per heavy atom. The molecule has 4 nitrogen and oxygen atoms in total. The van der Waals surface area contributed by atoms with Gasteiger partial charge in [-0.1, -0.05) is 29.3 Å². The van der Waals surface area contributed by atoms with E-state index in [-0.39, 0.29) is 24.2 Å². The van der Waals surface area contributed by atoms with Crippen LogP contribution in [0.5, 0.6) is 0 Å². The SMILES string of the molecule is Cc1ccc(N2C[C@@H](C(=O)Nc3cc(Cl)c(Br)cc3C)CC2=O)cc1. The van der Waals surface area contributed by atoms with Crippen LogP contribution in [0.1, 0.15) is 17.5 Å². The lowest BCUT2D eigenvalue weighted by Gasteiger charge is -2.17. The summed E-state index contributed by atoms with van der Waals surface area (Å²) in [5.74, 6) is -0.574. The number of halogens is 2. The Labute approximate surface area is 160 Å². The molecule has 3 rings (SSSR count). The maximum atomic E-state index is 12.6. The fourth-order valence-electron chi connectivity index (χ4n) is 2.87. The maximum Gasteiger partial charge on any atom is 0.229 e. The van der Waals surface area contributed by atoms with Gasteiger partial charge in [0, 0.05) is 28.8 Å². The summed E-state index contributed by atoms with van der Waals surface area (Å²) in [6.07, 6.45) is 0.211. The number of nitrogens with zero attached hydrogens (tertiary/aromatic N) is 1. The summed E-state index contributed by atoms with van der Waals surface area (Å²) in [5, 5.41) is 3.43. The molecule has 1 atom stereocenters. The first-order chi connectivity index (χ1) is 11.8. The second kappa shape index (κ2) is 7.18. The van der Waals surface area contributed by atoms with Gasteiger partial charge in [0.1, 0.15) is 0 Å². The first-order valence-corrected chi connectivity index (χ1v) is 9.16. The van der Waals surface area contributed by atoms with Gasteiger partial charge in [0.05, 0.1) is 10.9 Å². The molecule has 0 saturated carbocycles. The molecule has 0 aromatic heterocycles. The summed E-state index contributed by atoms with van der Waals surface area (Å²) in [5.41, 5.74) is 3.53. The zero-order valence-corrected chi connectivity index (χ0v) is 16.3. The third-order valence-corrected chi connectivity index (χ3v) is 5.56. The van der Waals surface area contributed by atoms with Crippen molar-refractivity contribution in [3.8, 4) is 0 Å². The van der Waals surface area contributed by atoms with Gasteiger partial charge in [-0.2, -0.15) is 0 Å². The van der Waals surface area contributed by atoms with Crippen LogP contribution < -0.4 is 10.2 Å². The van der Waals surface area contributed by atoms with Crippen LogP contribution in [0.15, 0.2) is 40.9 Å². The topological polar surface area (TPSA) is 49.4 Å². The molecule has 2 aromatic carbocycles. The summed E-state index contributed by atoms with van der Waals surface area (Å²) in [7, 11) is 0. The highest BCUT2D eigenvalue weighted by molar-refractivity contribution is 9.10. The van der Waals surface area contributed by atoms with E-state index in [4.69, 9.17) is 11.6 Å². The maximum absolute atomic E-state index is 12.6. The normalized spacial score (nSPS) is 17.0. The Balaban J connectivity index is 1.73. The minimum absolute atomic E-state index is 0.0328. The number of benzene rings is 2. The Bertz CT molecular complexity index is 836. The van der Waals surface area contributed by atoms with Gasteiger partial charge in [0.25, 0.3) is 0 Å². The highest BCUT2D eigenvalue weighted by Crippen LogP contribution is 2.30. The van der Waals surface area contributed by atoms with Crippen molar-refractivity contribution in [1.29, 1.82) is 0 Å². The second-order valence-electron chi connectivity index (χ2n) is 6.31. The largest absolute Gasteiger partial charge is 0.325 e. The summed E-state index contributed by atoms with van der Waals surface area (Å²) in [6.45, 7) is 4.28. The molecule has 1 aliphatic rings. The minimum atomic E-state index is -0.379. The van der Waals surface area contributed by atoms with Crippen molar-refractivity contribution in [2.45, 2.75) is 20.3 Å². The quantitative estimate of drug-likeness (QED) is 0.780. The number of hydrogen-bond donors (Lipinski definition) is 1. The molecular formula is C19H18BrClN2O2. The lowest BCUT2D eigenvalue weighted by molar-refractivity contribution is -0.122. The van der Waals surface area contributed by atoms with Crippen molar-refractivity contribution in [3.05, 3.63) is 57.0 Å². The molecule has 1 fully saturated rings. The average Bonchev–Trinajstić information content (AvgIpc) is 2.95. The van der Waals surface area contributed by atoms with Crippen molar-refractivity contribution >= 4 is 50.7 Å². The Kier molecular flexibility index (Phi) is 5.16. The molecule has 1 saturated heterocycles. The van der Waals surface area contributed by atoms with Crippen LogP contribution in [0.4, 0.5) is 11.4 Å². The molecule has 0 spiro atoms. The number of aryl methyl sites for hydroxylation is 2. The van der Waals surface area contributed by atoms with E-state index in [1.165, 1.54) is 0 Å². The van der Waals surface area contributed by atoms with E-state index >= 15 is 0 Å². The zero-order chi connectivity index (χ0) is 18.1. The monoisotopic (exact) mass is 420 g/mol. The zero-order valence-electron chi connectivity index (χ0n) is 14.0. The molecular weight excluding hydrogens is 404 g/mol. The van der Waals surface area contributed by atoms with Crippen molar-refractivity contribution in [2.75, 3.05) is 16.8 Å².